The van der Waals surface area contributed by atoms with Gasteiger partial charge in [-0.25, -0.2) is 0 Å². The van der Waals surface area contributed by atoms with Crippen LogP contribution in [0.15, 0.2) is 0 Å². The lowest BCUT2D eigenvalue weighted by Gasteiger charge is -2.09. The Bertz CT molecular complexity index is 54.5. The van der Waals surface area contributed by atoms with E-state index in [1.165, 1.54) is 0 Å². The summed E-state index contributed by atoms with van der Waals surface area (Å²) in [6.45, 7) is -0.471. The SMILES string of the molecule is OCC(O)C(O)SCl. The van der Waals surface area contributed by atoms with E-state index in [0.717, 1.165) is 0 Å². The molecule has 0 aliphatic heterocycles. The summed E-state index contributed by atoms with van der Waals surface area (Å²) in [6, 6.07) is 0. The average Bonchev–Trinajstić information content (AvgIpc) is 1.84. The Hall–Kier alpha value is 0.520. The van der Waals surface area contributed by atoms with Crippen LogP contribution < -0.4 is 0 Å². The standard InChI is InChI=1S/C3H7ClO3S/c4-8-3(7)2(6)1-5/h2-3,5-7H,1H2. The summed E-state index contributed by atoms with van der Waals surface area (Å²) in [7, 11) is 5.60. The monoisotopic (exact) mass is 158 g/mol. The first kappa shape index (κ1) is 8.52. The van der Waals surface area contributed by atoms with Gasteiger partial charge in [-0.15, -0.1) is 0 Å². The predicted molar refractivity (Wildman–Crippen MR) is 32.5 cm³/mol. The number of rotatable bonds is 3. The normalized spacial score (nSPS) is 18.0. The molecule has 0 fully saturated rings. The predicted octanol–water partition coefficient (Wildman–Crippen LogP) is -0.455. The molecule has 5 heteroatoms. The molecular weight excluding hydrogens is 152 g/mol. The van der Waals surface area contributed by atoms with Crippen LogP contribution >= 0.6 is 21.7 Å². The molecule has 0 aromatic heterocycles. The molecule has 0 spiro atoms. The van der Waals surface area contributed by atoms with E-state index in [2.05, 4.69) is 0 Å². The van der Waals surface area contributed by atoms with Crippen molar-refractivity contribution in [2.45, 2.75) is 11.5 Å². The molecule has 3 N–H and O–H groups in total. The third-order valence-corrected chi connectivity index (χ3v) is 1.65. The van der Waals surface area contributed by atoms with Gasteiger partial charge in [0.05, 0.1) is 6.61 Å². The van der Waals surface area contributed by atoms with E-state index in [0.29, 0.717) is 11.0 Å². The molecule has 0 aromatic carbocycles. The van der Waals surface area contributed by atoms with E-state index in [9.17, 15) is 0 Å². The zero-order valence-corrected chi connectivity index (χ0v) is 5.56. The van der Waals surface area contributed by atoms with Crippen LogP contribution in [0.2, 0.25) is 0 Å². The molecule has 50 valence electrons. The molecule has 2 unspecified atom stereocenters. The van der Waals surface area contributed by atoms with Gasteiger partial charge in [0.1, 0.15) is 11.5 Å². The second kappa shape index (κ2) is 4.40. The van der Waals surface area contributed by atoms with Crippen LogP contribution in [0.5, 0.6) is 0 Å². The van der Waals surface area contributed by atoms with E-state index >= 15 is 0 Å². The summed E-state index contributed by atoms with van der Waals surface area (Å²) in [5, 5.41) is 25.2. The summed E-state index contributed by atoms with van der Waals surface area (Å²) < 4.78 is 0. The van der Waals surface area contributed by atoms with Gasteiger partial charge in [-0.1, -0.05) is 0 Å². The van der Waals surface area contributed by atoms with E-state index in [4.69, 9.17) is 26.0 Å². The molecule has 3 nitrogen and oxygen atoms in total. The van der Waals surface area contributed by atoms with E-state index < -0.39 is 18.1 Å². The van der Waals surface area contributed by atoms with Gasteiger partial charge in [-0.2, -0.15) is 0 Å². The fourth-order valence-corrected chi connectivity index (χ4v) is 0.711. The van der Waals surface area contributed by atoms with Crippen LogP contribution in [0.25, 0.3) is 0 Å². The molecule has 0 bridgehead atoms. The Labute approximate surface area is 55.8 Å². The number of aliphatic hydroxyl groups excluding tert-OH is 3. The van der Waals surface area contributed by atoms with Gasteiger partial charge in [0.25, 0.3) is 0 Å². The van der Waals surface area contributed by atoms with Crippen molar-refractivity contribution in [3.8, 4) is 0 Å². The third-order valence-electron chi connectivity index (χ3n) is 0.607. The van der Waals surface area contributed by atoms with E-state index in [1.54, 1.807) is 0 Å². The zero-order chi connectivity index (χ0) is 6.57. The molecule has 0 aliphatic rings. The molecule has 0 rings (SSSR count). The lowest BCUT2D eigenvalue weighted by atomic mass is 10.4. The average molecular weight is 159 g/mol. The maximum Gasteiger partial charge on any atom is 0.142 e. The van der Waals surface area contributed by atoms with Crippen molar-refractivity contribution >= 4 is 21.7 Å². The first-order chi connectivity index (χ1) is 3.72. The lowest BCUT2D eigenvalue weighted by molar-refractivity contribution is 0.0291. The van der Waals surface area contributed by atoms with Crippen molar-refractivity contribution in [3.05, 3.63) is 0 Å². The Morgan fingerprint density at radius 2 is 2.00 bits per heavy atom. The summed E-state index contributed by atoms with van der Waals surface area (Å²) >= 11 is 0. The maximum atomic E-state index is 8.55. The third kappa shape index (κ3) is 2.74. The molecule has 0 heterocycles. The largest absolute Gasteiger partial charge is 0.394 e. The minimum absolute atomic E-state index is 0.471. The second-order valence-electron chi connectivity index (χ2n) is 1.23. The molecule has 0 saturated heterocycles. The molecule has 0 amide bonds. The van der Waals surface area contributed by atoms with Gasteiger partial charge >= 0.3 is 0 Å². The van der Waals surface area contributed by atoms with E-state index in [1.807, 2.05) is 0 Å². The minimum atomic E-state index is -1.14. The zero-order valence-electron chi connectivity index (χ0n) is 3.99. The number of aliphatic hydroxyl groups is 3. The quantitative estimate of drug-likeness (QED) is 0.487. The summed E-state index contributed by atoms with van der Waals surface area (Å²) in [5.41, 5.74) is -1.10. The molecule has 0 aromatic rings. The lowest BCUT2D eigenvalue weighted by Crippen LogP contribution is -2.25. The highest BCUT2D eigenvalue weighted by molar-refractivity contribution is 8.21. The number of hydrogen-bond donors (Lipinski definition) is 3. The minimum Gasteiger partial charge on any atom is -0.394 e. The highest BCUT2D eigenvalue weighted by Crippen LogP contribution is 2.15. The van der Waals surface area contributed by atoms with Gasteiger partial charge in [0, 0.05) is 0 Å². The first-order valence-electron chi connectivity index (χ1n) is 1.96. The van der Waals surface area contributed by atoms with Crippen molar-refractivity contribution in [1.82, 2.24) is 0 Å². The Balaban J connectivity index is 3.29. The fourth-order valence-electron chi connectivity index (χ4n) is 0.150. The van der Waals surface area contributed by atoms with Crippen LogP contribution in [0.4, 0.5) is 0 Å². The van der Waals surface area contributed by atoms with Gasteiger partial charge in [-0.05, 0) is 21.7 Å². The Kier molecular flexibility index (Phi) is 4.69. The topological polar surface area (TPSA) is 60.7 Å². The maximum absolute atomic E-state index is 8.55. The first-order valence-corrected chi connectivity index (χ1v) is 3.67. The van der Waals surface area contributed by atoms with Gasteiger partial charge < -0.3 is 15.3 Å². The van der Waals surface area contributed by atoms with Crippen LogP contribution in [-0.4, -0.2) is 33.5 Å². The summed E-state index contributed by atoms with van der Waals surface area (Å²) in [6.07, 6.45) is -1.14. The van der Waals surface area contributed by atoms with Crippen molar-refractivity contribution < 1.29 is 15.3 Å². The Morgan fingerprint density at radius 3 is 2.12 bits per heavy atom. The molecule has 2 atom stereocenters. The number of hydrogen-bond acceptors (Lipinski definition) is 4. The highest BCUT2D eigenvalue weighted by Gasteiger charge is 2.13. The van der Waals surface area contributed by atoms with Crippen LogP contribution in [0.1, 0.15) is 0 Å². The smallest absolute Gasteiger partial charge is 0.142 e. The second-order valence-corrected chi connectivity index (χ2v) is 2.43. The van der Waals surface area contributed by atoms with Crippen molar-refractivity contribution in [3.63, 3.8) is 0 Å². The molecule has 8 heavy (non-hydrogen) atoms. The molecule has 0 saturated carbocycles. The van der Waals surface area contributed by atoms with Crippen molar-refractivity contribution in [2.75, 3.05) is 6.61 Å². The summed E-state index contributed by atoms with van der Waals surface area (Å²) in [5.74, 6) is 0. The van der Waals surface area contributed by atoms with E-state index in [-0.39, 0.29) is 0 Å². The molecule has 0 radical (unpaired) electrons. The van der Waals surface area contributed by atoms with Crippen LogP contribution in [0, 0.1) is 0 Å². The highest BCUT2D eigenvalue weighted by atomic mass is 35.7. The van der Waals surface area contributed by atoms with Crippen molar-refractivity contribution in [1.29, 1.82) is 0 Å². The van der Waals surface area contributed by atoms with Crippen molar-refractivity contribution in [2.24, 2.45) is 0 Å². The Morgan fingerprint density at radius 1 is 1.50 bits per heavy atom. The van der Waals surface area contributed by atoms with Crippen LogP contribution in [0.3, 0.4) is 0 Å². The van der Waals surface area contributed by atoms with Gasteiger partial charge in [0.2, 0.25) is 0 Å². The molecule has 0 aliphatic carbocycles. The fraction of sp³-hybridized carbons (Fsp3) is 1.00. The van der Waals surface area contributed by atoms with Crippen LogP contribution in [-0.2, 0) is 0 Å². The molecular formula is C3H7ClO3S. The number of halogens is 1. The van der Waals surface area contributed by atoms with Gasteiger partial charge in [0.15, 0.2) is 0 Å². The van der Waals surface area contributed by atoms with Gasteiger partial charge in [-0.3, -0.25) is 0 Å². The summed E-state index contributed by atoms with van der Waals surface area (Å²) in [4.78, 5) is 0.